The van der Waals surface area contributed by atoms with Crippen LogP contribution in [0.5, 0.6) is 11.5 Å². The lowest BCUT2D eigenvalue weighted by atomic mass is 10.0. The Bertz CT molecular complexity index is 1010. The number of fused-ring (bicyclic) bond motifs is 1. The molecule has 0 aliphatic carbocycles. The summed E-state index contributed by atoms with van der Waals surface area (Å²) in [6, 6.07) is 9.65. The summed E-state index contributed by atoms with van der Waals surface area (Å²) >= 11 is 5.90. The molecule has 0 saturated carbocycles. The zero-order chi connectivity index (χ0) is 21.9. The van der Waals surface area contributed by atoms with Crippen LogP contribution in [0.1, 0.15) is 25.8 Å². The van der Waals surface area contributed by atoms with Gasteiger partial charge < -0.3 is 9.47 Å². The number of carbonyl (C=O) groups excluding carboxylic acids is 1. The predicted octanol–water partition coefficient (Wildman–Crippen LogP) is 3.18. The third-order valence-corrected chi connectivity index (χ3v) is 6.77. The van der Waals surface area contributed by atoms with Crippen LogP contribution in [0.2, 0.25) is 5.02 Å². The summed E-state index contributed by atoms with van der Waals surface area (Å²) in [4.78, 5) is 12.5. The fourth-order valence-electron chi connectivity index (χ4n) is 3.20. The van der Waals surface area contributed by atoms with E-state index in [9.17, 15) is 18.4 Å². The Morgan fingerprint density at radius 3 is 2.47 bits per heavy atom. The molecule has 1 atom stereocenters. The van der Waals surface area contributed by atoms with Crippen LogP contribution >= 0.6 is 11.6 Å². The topological polar surface area (TPSA) is 105 Å². The van der Waals surface area contributed by atoms with Gasteiger partial charge in [-0.2, -0.15) is 4.31 Å². The number of nitrogens with zero attached hydrogens (tertiary/aromatic N) is 1. The van der Waals surface area contributed by atoms with E-state index in [0.717, 1.165) is 4.31 Å². The second kappa shape index (κ2) is 9.22. The van der Waals surface area contributed by atoms with Gasteiger partial charge in [0.1, 0.15) is 6.04 Å². The first-order valence-electron chi connectivity index (χ1n) is 9.32. The maximum atomic E-state index is 13.5. The fourth-order valence-corrected chi connectivity index (χ4v) is 4.91. The summed E-state index contributed by atoms with van der Waals surface area (Å²) in [6.45, 7) is 3.72. The number of rotatable bonds is 8. The molecule has 0 bridgehead atoms. The van der Waals surface area contributed by atoms with E-state index in [1.807, 2.05) is 13.8 Å². The molecule has 2 N–H and O–H groups in total. The van der Waals surface area contributed by atoms with Gasteiger partial charge in [0.2, 0.25) is 16.8 Å². The molecule has 3 rings (SSSR count). The van der Waals surface area contributed by atoms with Gasteiger partial charge in [-0.25, -0.2) is 13.9 Å². The lowest BCUT2D eigenvalue weighted by Crippen LogP contribution is -2.49. The Kier molecular flexibility index (Phi) is 6.87. The molecule has 10 heteroatoms. The summed E-state index contributed by atoms with van der Waals surface area (Å²) in [5.74, 6) is 0.259. The van der Waals surface area contributed by atoms with Crippen LogP contribution in [-0.4, -0.2) is 36.7 Å². The molecular formula is C20H23ClN2O6S. The van der Waals surface area contributed by atoms with E-state index in [4.69, 9.17) is 21.1 Å². The highest BCUT2D eigenvalue weighted by molar-refractivity contribution is 7.89. The number of ether oxygens (including phenoxy) is 2. The molecule has 30 heavy (non-hydrogen) atoms. The van der Waals surface area contributed by atoms with E-state index in [1.54, 1.807) is 23.7 Å². The quantitative estimate of drug-likeness (QED) is 0.469. The Hall–Kier alpha value is -2.33. The van der Waals surface area contributed by atoms with Gasteiger partial charge in [0, 0.05) is 11.6 Å². The van der Waals surface area contributed by atoms with Crippen molar-refractivity contribution in [3.63, 3.8) is 0 Å². The molecule has 0 spiro atoms. The third-order valence-electron chi connectivity index (χ3n) is 4.65. The molecule has 0 saturated heterocycles. The normalized spacial score (nSPS) is 14.2. The van der Waals surface area contributed by atoms with E-state index in [2.05, 4.69) is 0 Å². The van der Waals surface area contributed by atoms with Crippen LogP contribution in [0, 0.1) is 5.92 Å². The van der Waals surface area contributed by atoms with Gasteiger partial charge in [-0.1, -0.05) is 31.5 Å². The number of carbonyl (C=O) groups is 1. The van der Waals surface area contributed by atoms with Gasteiger partial charge in [0.25, 0.3) is 5.91 Å². The molecule has 2 aromatic rings. The van der Waals surface area contributed by atoms with Crippen LogP contribution < -0.4 is 15.0 Å². The molecule has 2 aromatic carbocycles. The molecule has 1 amide bonds. The van der Waals surface area contributed by atoms with Crippen LogP contribution in [0.25, 0.3) is 0 Å². The van der Waals surface area contributed by atoms with Crippen LogP contribution in [0.4, 0.5) is 0 Å². The maximum absolute atomic E-state index is 13.5. The van der Waals surface area contributed by atoms with E-state index in [0.29, 0.717) is 22.1 Å². The number of hydrogen-bond donors (Lipinski definition) is 2. The third kappa shape index (κ3) is 4.86. The largest absolute Gasteiger partial charge is 0.454 e. The summed E-state index contributed by atoms with van der Waals surface area (Å²) in [6.07, 6.45) is 0.212. The van der Waals surface area contributed by atoms with Crippen molar-refractivity contribution in [2.75, 3.05) is 6.79 Å². The SMILES string of the molecule is CC(C)C[C@H](C(=O)NO)N(Cc1ccc2c(c1)OCO2)S(=O)(=O)c1ccc(Cl)cc1. The van der Waals surface area contributed by atoms with Crippen LogP contribution in [0.15, 0.2) is 47.4 Å². The van der Waals surface area contributed by atoms with Crippen molar-refractivity contribution >= 4 is 27.5 Å². The fraction of sp³-hybridized carbons (Fsp3) is 0.350. The number of hydrogen-bond acceptors (Lipinski definition) is 6. The highest BCUT2D eigenvalue weighted by atomic mass is 35.5. The van der Waals surface area contributed by atoms with Crippen molar-refractivity contribution in [1.29, 1.82) is 0 Å². The van der Waals surface area contributed by atoms with Crippen molar-refractivity contribution in [1.82, 2.24) is 9.79 Å². The Morgan fingerprint density at radius 1 is 1.17 bits per heavy atom. The summed E-state index contributed by atoms with van der Waals surface area (Å²) in [5.41, 5.74) is 2.21. The molecule has 162 valence electrons. The molecule has 8 nitrogen and oxygen atoms in total. The minimum Gasteiger partial charge on any atom is -0.454 e. The van der Waals surface area contributed by atoms with Gasteiger partial charge in [-0.3, -0.25) is 10.0 Å². The monoisotopic (exact) mass is 454 g/mol. The van der Waals surface area contributed by atoms with Crippen molar-refractivity contribution in [2.24, 2.45) is 5.92 Å². The van der Waals surface area contributed by atoms with E-state index in [-0.39, 0.29) is 30.6 Å². The molecule has 1 heterocycles. The van der Waals surface area contributed by atoms with Gasteiger partial charge in [-0.15, -0.1) is 0 Å². The molecule has 1 aliphatic heterocycles. The molecule has 0 aromatic heterocycles. The highest BCUT2D eigenvalue weighted by Crippen LogP contribution is 2.34. The number of amides is 1. The van der Waals surface area contributed by atoms with Crippen molar-refractivity contribution in [3.05, 3.63) is 53.1 Å². The average molecular weight is 455 g/mol. The Balaban J connectivity index is 2.04. The van der Waals surface area contributed by atoms with Gasteiger partial charge >= 0.3 is 0 Å². The second-order valence-corrected chi connectivity index (χ2v) is 9.64. The standard InChI is InChI=1S/C20H23ClN2O6S/c1-13(2)9-17(20(24)22-25)23(30(26,27)16-6-4-15(21)5-7-16)11-14-3-8-18-19(10-14)29-12-28-18/h3-8,10,13,17,25H,9,11-12H2,1-2H3,(H,22,24)/t17-/m1/s1. The summed E-state index contributed by atoms with van der Waals surface area (Å²) in [7, 11) is -4.10. The lowest BCUT2D eigenvalue weighted by Gasteiger charge is -2.30. The predicted molar refractivity (Wildman–Crippen MR) is 110 cm³/mol. The van der Waals surface area contributed by atoms with E-state index in [1.165, 1.54) is 24.3 Å². The smallest absolute Gasteiger partial charge is 0.261 e. The first-order chi connectivity index (χ1) is 14.2. The van der Waals surface area contributed by atoms with Crippen molar-refractivity contribution < 1.29 is 27.9 Å². The summed E-state index contributed by atoms with van der Waals surface area (Å²) < 4.78 is 38.7. The first kappa shape index (κ1) is 22.4. The second-order valence-electron chi connectivity index (χ2n) is 7.31. The van der Waals surface area contributed by atoms with Gasteiger partial charge in [-0.05, 0) is 54.3 Å². The minimum absolute atomic E-state index is 0.00728. The Morgan fingerprint density at radius 2 is 1.83 bits per heavy atom. The highest BCUT2D eigenvalue weighted by Gasteiger charge is 2.36. The number of sulfonamides is 1. The van der Waals surface area contributed by atoms with Crippen molar-refractivity contribution in [3.8, 4) is 11.5 Å². The van der Waals surface area contributed by atoms with Gasteiger partial charge in [0.15, 0.2) is 11.5 Å². The maximum Gasteiger partial charge on any atom is 0.261 e. The number of nitrogens with one attached hydrogen (secondary N) is 1. The molecule has 0 fully saturated rings. The van der Waals surface area contributed by atoms with Gasteiger partial charge in [0.05, 0.1) is 4.90 Å². The summed E-state index contributed by atoms with van der Waals surface area (Å²) in [5, 5.41) is 9.65. The number of halogens is 1. The van der Waals surface area contributed by atoms with Crippen molar-refractivity contribution in [2.45, 2.75) is 37.8 Å². The molecular weight excluding hydrogens is 432 g/mol. The molecule has 0 radical (unpaired) electrons. The van der Waals surface area contributed by atoms with E-state index < -0.39 is 22.0 Å². The lowest BCUT2D eigenvalue weighted by molar-refractivity contribution is -0.133. The number of benzene rings is 2. The minimum atomic E-state index is -4.10. The number of hydroxylamine groups is 1. The van der Waals surface area contributed by atoms with E-state index >= 15 is 0 Å². The Labute approximate surface area is 180 Å². The van der Waals surface area contributed by atoms with Crippen LogP contribution in [-0.2, 0) is 21.4 Å². The zero-order valence-corrected chi connectivity index (χ0v) is 18.1. The average Bonchev–Trinajstić information content (AvgIpc) is 3.18. The van der Waals surface area contributed by atoms with Crippen LogP contribution in [0.3, 0.4) is 0 Å². The molecule has 1 aliphatic rings. The first-order valence-corrected chi connectivity index (χ1v) is 11.1. The molecule has 0 unspecified atom stereocenters. The zero-order valence-electron chi connectivity index (χ0n) is 16.5.